The van der Waals surface area contributed by atoms with Gasteiger partial charge >= 0.3 is 0 Å². The average Bonchev–Trinajstić information content (AvgIpc) is 2.47. The highest BCUT2D eigenvalue weighted by Gasteiger charge is 2.22. The summed E-state index contributed by atoms with van der Waals surface area (Å²) in [6.45, 7) is 6.33. The lowest BCUT2D eigenvalue weighted by atomic mass is 10.1. The molecule has 2 N–H and O–H groups in total. The SMILES string of the molecule is CC(C)(O)CN(CC(=O)NC1CCOCC1)Cc1ccccc1. The van der Waals surface area contributed by atoms with Crippen molar-refractivity contribution < 1.29 is 14.6 Å². The molecule has 1 aliphatic rings. The second kappa shape index (κ2) is 8.43. The van der Waals surface area contributed by atoms with E-state index in [4.69, 9.17) is 4.74 Å². The highest BCUT2D eigenvalue weighted by Crippen LogP contribution is 2.11. The molecule has 1 heterocycles. The van der Waals surface area contributed by atoms with Crippen molar-refractivity contribution in [1.82, 2.24) is 10.2 Å². The summed E-state index contributed by atoms with van der Waals surface area (Å²) >= 11 is 0. The van der Waals surface area contributed by atoms with Gasteiger partial charge in [0, 0.05) is 32.3 Å². The average molecular weight is 320 g/mol. The van der Waals surface area contributed by atoms with Gasteiger partial charge in [-0.05, 0) is 32.3 Å². The third-order valence-corrected chi connectivity index (χ3v) is 3.81. The van der Waals surface area contributed by atoms with Crippen molar-refractivity contribution in [2.75, 3.05) is 26.3 Å². The Labute approximate surface area is 138 Å². The number of benzene rings is 1. The molecule has 1 saturated heterocycles. The number of amides is 1. The molecule has 0 radical (unpaired) electrons. The van der Waals surface area contributed by atoms with Gasteiger partial charge in [-0.1, -0.05) is 30.3 Å². The predicted octanol–water partition coefficient (Wildman–Crippen LogP) is 1.55. The van der Waals surface area contributed by atoms with Crippen LogP contribution in [0.15, 0.2) is 30.3 Å². The molecule has 2 rings (SSSR count). The highest BCUT2D eigenvalue weighted by molar-refractivity contribution is 5.78. The fraction of sp³-hybridized carbons (Fsp3) is 0.611. The van der Waals surface area contributed by atoms with Gasteiger partial charge in [0.15, 0.2) is 0 Å². The number of rotatable bonds is 7. The van der Waals surface area contributed by atoms with Gasteiger partial charge in [0.2, 0.25) is 5.91 Å². The van der Waals surface area contributed by atoms with E-state index in [1.807, 2.05) is 35.2 Å². The molecule has 1 aliphatic heterocycles. The fourth-order valence-electron chi connectivity index (χ4n) is 2.87. The first-order valence-corrected chi connectivity index (χ1v) is 8.28. The van der Waals surface area contributed by atoms with Gasteiger partial charge < -0.3 is 15.2 Å². The standard InChI is InChI=1S/C18H28N2O3/c1-18(2,22)14-20(12-15-6-4-3-5-7-15)13-17(21)19-16-8-10-23-11-9-16/h3-7,16,22H,8-14H2,1-2H3,(H,19,21). The summed E-state index contributed by atoms with van der Waals surface area (Å²) in [6, 6.07) is 10.2. The summed E-state index contributed by atoms with van der Waals surface area (Å²) in [7, 11) is 0. The van der Waals surface area contributed by atoms with E-state index in [0.717, 1.165) is 18.4 Å². The topological polar surface area (TPSA) is 61.8 Å². The van der Waals surface area contributed by atoms with Crippen LogP contribution >= 0.6 is 0 Å². The van der Waals surface area contributed by atoms with Crippen LogP contribution in [0.1, 0.15) is 32.3 Å². The quantitative estimate of drug-likeness (QED) is 0.800. The lowest BCUT2D eigenvalue weighted by Crippen LogP contribution is -2.47. The number of ether oxygens (including phenoxy) is 1. The van der Waals surface area contributed by atoms with Crippen LogP contribution in [0.4, 0.5) is 0 Å². The molecule has 0 bridgehead atoms. The molecule has 0 aromatic heterocycles. The molecule has 0 spiro atoms. The van der Waals surface area contributed by atoms with Crippen LogP contribution in [-0.2, 0) is 16.1 Å². The first-order valence-electron chi connectivity index (χ1n) is 8.28. The number of nitrogens with one attached hydrogen (secondary N) is 1. The maximum Gasteiger partial charge on any atom is 0.234 e. The first-order chi connectivity index (χ1) is 10.9. The van der Waals surface area contributed by atoms with Crippen molar-refractivity contribution in [2.24, 2.45) is 0 Å². The molecule has 5 nitrogen and oxygen atoms in total. The van der Waals surface area contributed by atoms with Gasteiger partial charge in [-0.2, -0.15) is 0 Å². The Kier molecular flexibility index (Phi) is 6.57. The van der Waals surface area contributed by atoms with Gasteiger partial charge in [-0.3, -0.25) is 9.69 Å². The summed E-state index contributed by atoms with van der Waals surface area (Å²) < 4.78 is 5.31. The number of hydrogen-bond donors (Lipinski definition) is 2. The molecular formula is C18H28N2O3. The molecule has 0 atom stereocenters. The number of aliphatic hydroxyl groups is 1. The normalized spacial score (nSPS) is 16.5. The zero-order chi connectivity index (χ0) is 16.7. The van der Waals surface area contributed by atoms with Crippen molar-refractivity contribution in [2.45, 2.75) is 44.9 Å². The van der Waals surface area contributed by atoms with Crippen LogP contribution in [0, 0.1) is 0 Å². The largest absolute Gasteiger partial charge is 0.389 e. The third kappa shape index (κ3) is 7.12. The minimum atomic E-state index is -0.840. The third-order valence-electron chi connectivity index (χ3n) is 3.81. The molecule has 0 unspecified atom stereocenters. The maximum atomic E-state index is 12.3. The fourth-order valence-corrected chi connectivity index (χ4v) is 2.87. The molecule has 0 aliphatic carbocycles. The highest BCUT2D eigenvalue weighted by atomic mass is 16.5. The van der Waals surface area contributed by atoms with E-state index in [9.17, 15) is 9.90 Å². The summed E-state index contributed by atoms with van der Waals surface area (Å²) in [5, 5.41) is 13.2. The van der Waals surface area contributed by atoms with Gasteiger partial charge in [0.1, 0.15) is 0 Å². The molecular weight excluding hydrogens is 292 g/mol. The lowest BCUT2D eigenvalue weighted by Gasteiger charge is -2.30. The smallest absolute Gasteiger partial charge is 0.234 e. The monoisotopic (exact) mass is 320 g/mol. The van der Waals surface area contributed by atoms with E-state index < -0.39 is 5.60 Å². The van der Waals surface area contributed by atoms with Gasteiger partial charge in [0.05, 0.1) is 12.1 Å². The van der Waals surface area contributed by atoms with E-state index >= 15 is 0 Å². The first kappa shape index (κ1) is 17.9. The van der Waals surface area contributed by atoms with E-state index in [-0.39, 0.29) is 18.5 Å². The molecule has 1 aromatic carbocycles. The second-order valence-electron chi connectivity index (χ2n) is 6.90. The molecule has 0 saturated carbocycles. The predicted molar refractivity (Wildman–Crippen MR) is 90.0 cm³/mol. The Morgan fingerprint density at radius 1 is 1.30 bits per heavy atom. The van der Waals surface area contributed by atoms with Crippen molar-refractivity contribution in [3.8, 4) is 0 Å². The van der Waals surface area contributed by atoms with E-state index in [1.165, 1.54) is 0 Å². The van der Waals surface area contributed by atoms with E-state index in [1.54, 1.807) is 13.8 Å². The van der Waals surface area contributed by atoms with Crippen LogP contribution in [0.3, 0.4) is 0 Å². The van der Waals surface area contributed by atoms with Gasteiger partial charge in [-0.15, -0.1) is 0 Å². The number of carbonyl (C=O) groups excluding carboxylic acids is 1. The van der Waals surface area contributed by atoms with Crippen LogP contribution in [0.25, 0.3) is 0 Å². The van der Waals surface area contributed by atoms with Gasteiger partial charge in [0.25, 0.3) is 0 Å². The Bertz CT molecular complexity index is 479. The minimum Gasteiger partial charge on any atom is -0.389 e. The number of nitrogens with zero attached hydrogens (tertiary/aromatic N) is 1. The van der Waals surface area contributed by atoms with Crippen LogP contribution in [0.5, 0.6) is 0 Å². The second-order valence-corrected chi connectivity index (χ2v) is 6.90. The van der Waals surface area contributed by atoms with Crippen molar-refractivity contribution in [1.29, 1.82) is 0 Å². The summed E-state index contributed by atoms with van der Waals surface area (Å²) in [5.74, 6) is 0.0112. The molecule has 1 aromatic rings. The zero-order valence-electron chi connectivity index (χ0n) is 14.1. The minimum absolute atomic E-state index is 0.0112. The molecule has 5 heteroatoms. The van der Waals surface area contributed by atoms with Crippen molar-refractivity contribution in [3.05, 3.63) is 35.9 Å². The summed E-state index contributed by atoms with van der Waals surface area (Å²) in [4.78, 5) is 14.3. The van der Waals surface area contributed by atoms with Crippen LogP contribution in [0.2, 0.25) is 0 Å². The Hall–Kier alpha value is -1.43. The van der Waals surface area contributed by atoms with Crippen molar-refractivity contribution >= 4 is 5.91 Å². The Balaban J connectivity index is 1.91. The van der Waals surface area contributed by atoms with E-state index in [2.05, 4.69) is 5.32 Å². The summed E-state index contributed by atoms with van der Waals surface area (Å²) in [5.41, 5.74) is 0.295. The molecule has 23 heavy (non-hydrogen) atoms. The number of hydrogen-bond acceptors (Lipinski definition) is 4. The Morgan fingerprint density at radius 3 is 2.57 bits per heavy atom. The molecule has 1 fully saturated rings. The molecule has 128 valence electrons. The lowest BCUT2D eigenvalue weighted by molar-refractivity contribution is -0.124. The number of carbonyl (C=O) groups is 1. The van der Waals surface area contributed by atoms with Crippen LogP contribution in [-0.4, -0.2) is 53.9 Å². The van der Waals surface area contributed by atoms with Crippen LogP contribution < -0.4 is 5.32 Å². The maximum absolute atomic E-state index is 12.3. The van der Waals surface area contributed by atoms with Gasteiger partial charge in [-0.25, -0.2) is 0 Å². The van der Waals surface area contributed by atoms with E-state index in [0.29, 0.717) is 26.3 Å². The van der Waals surface area contributed by atoms with Crippen molar-refractivity contribution in [3.63, 3.8) is 0 Å². The summed E-state index contributed by atoms with van der Waals surface area (Å²) in [6.07, 6.45) is 1.74. The Morgan fingerprint density at radius 2 is 1.96 bits per heavy atom. The molecule has 1 amide bonds. The zero-order valence-corrected chi connectivity index (χ0v) is 14.1.